The summed E-state index contributed by atoms with van der Waals surface area (Å²) in [5, 5.41) is 0. The van der Waals surface area contributed by atoms with Gasteiger partial charge in [0.2, 0.25) is 0 Å². The van der Waals surface area contributed by atoms with Crippen LogP contribution in [0.4, 0.5) is 4.79 Å². The summed E-state index contributed by atoms with van der Waals surface area (Å²) in [6.45, 7) is 2.97. The molecule has 0 aliphatic carbocycles. The van der Waals surface area contributed by atoms with Crippen LogP contribution in [0.15, 0.2) is 18.0 Å². The van der Waals surface area contributed by atoms with Crippen molar-refractivity contribution in [3.8, 4) is 0 Å². The molecule has 3 nitrogen and oxygen atoms in total. The fraction of sp³-hybridized carbons (Fsp3) is 0.429. The van der Waals surface area contributed by atoms with Crippen molar-refractivity contribution in [2.24, 2.45) is 0 Å². The molecular weight excluding hydrogens is 130 g/mol. The lowest BCUT2D eigenvalue weighted by Crippen LogP contribution is -2.16. The predicted octanol–water partition coefficient (Wildman–Crippen LogP) is 1.13. The summed E-state index contributed by atoms with van der Waals surface area (Å²) in [5.74, 6) is 0. The lowest BCUT2D eigenvalue weighted by Gasteiger charge is -2.00. The molecule has 54 valence electrons. The molecule has 0 N–H and O–H groups in total. The highest BCUT2D eigenvalue weighted by Gasteiger charge is 2.18. The monoisotopic (exact) mass is 139 g/mol. The van der Waals surface area contributed by atoms with E-state index in [1.165, 1.54) is 4.90 Å². The van der Waals surface area contributed by atoms with Crippen molar-refractivity contribution in [1.82, 2.24) is 4.90 Å². The number of cyclic esters (lactones) is 1. The molecule has 0 aromatic rings. The number of allylic oxidation sites excluding steroid dienone is 1. The summed E-state index contributed by atoms with van der Waals surface area (Å²) in [5.41, 5.74) is 2.80. The van der Waals surface area contributed by atoms with Crippen LogP contribution >= 0.6 is 0 Å². The number of carbonyl (C=O) groups is 1. The van der Waals surface area contributed by atoms with E-state index in [2.05, 4.69) is 10.5 Å². The highest BCUT2D eigenvalue weighted by atomic mass is 16.6. The number of rotatable bonds is 1. The fourth-order valence-corrected chi connectivity index (χ4v) is 0.687. The average Bonchev–Trinajstić information content (AvgIpc) is 2.31. The lowest BCUT2D eigenvalue weighted by molar-refractivity contribution is 0.166. The molecule has 0 unspecified atom stereocenters. The van der Waals surface area contributed by atoms with Gasteiger partial charge >= 0.3 is 6.09 Å². The Hall–Kier alpha value is -1.21. The molecule has 0 saturated carbocycles. The van der Waals surface area contributed by atoms with Crippen molar-refractivity contribution in [3.05, 3.63) is 18.0 Å². The molecule has 1 fully saturated rings. The van der Waals surface area contributed by atoms with Crippen molar-refractivity contribution in [3.63, 3.8) is 0 Å². The number of carbonyl (C=O) groups excluding carboxylic acids is 1. The quantitative estimate of drug-likeness (QED) is 0.509. The Bertz CT molecular complexity index is 192. The van der Waals surface area contributed by atoms with Gasteiger partial charge in [-0.05, 0) is 13.0 Å². The average molecular weight is 139 g/mol. The summed E-state index contributed by atoms with van der Waals surface area (Å²) in [6.07, 6.45) is 3.05. The highest BCUT2D eigenvalue weighted by Crippen LogP contribution is 2.01. The maximum atomic E-state index is 10.7. The van der Waals surface area contributed by atoms with Crippen LogP contribution in [0.1, 0.15) is 6.92 Å². The van der Waals surface area contributed by atoms with Gasteiger partial charge < -0.3 is 4.74 Å². The van der Waals surface area contributed by atoms with Gasteiger partial charge in [0.25, 0.3) is 0 Å². The van der Waals surface area contributed by atoms with Crippen LogP contribution < -0.4 is 0 Å². The van der Waals surface area contributed by atoms with E-state index >= 15 is 0 Å². The minimum absolute atomic E-state index is 0.283. The molecule has 1 aliphatic rings. The third-order valence-electron chi connectivity index (χ3n) is 1.19. The Balaban J connectivity index is 2.56. The largest absolute Gasteiger partial charge is 0.447 e. The van der Waals surface area contributed by atoms with Gasteiger partial charge in [-0.25, -0.2) is 4.79 Å². The van der Waals surface area contributed by atoms with Crippen molar-refractivity contribution in [2.75, 3.05) is 13.2 Å². The third-order valence-corrected chi connectivity index (χ3v) is 1.19. The first-order valence-electron chi connectivity index (χ1n) is 3.15. The van der Waals surface area contributed by atoms with Gasteiger partial charge in [0.05, 0.1) is 12.7 Å². The van der Waals surface area contributed by atoms with Crippen molar-refractivity contribution >= 4 is 6.09 Å². The number of ether oxygens (including phenoxy) is 1. The van der Waals surface area contributed by atoms with Gasteiger partial charge in [-0.2, -0.15) is 0 Å². The smallest absolute Gasteiger partial charge is 0.414 e. The molecule has 0 atom stereocenters. The zero-order chi connectivity index (χ0) is 7.40. The summed E-state index contributed by atoms with van der Waals surface area (Å²) in [7, 11) is 0. The Morgan fingerprint density at radius 2 is 2.60 bits per heavy atom. The predicted molar refractivity (Wildman–Crippen MR) is 36.4 cm³/mol. The molecular formula is C7H9NO2. The molecule has 1 saturated heterocycles. The molecule has 1 amide bonds. The van der Waals surface area contributed by atoms with Gasteiger partial charge in [-0.1, -0.05) is 0 Å². The number of amides is 1. The molecule has 1 rings (SSSR count). The van der Waals surface area contributed by atoms with Crippen LogP contribution in [-0.4, -0.2) is 24.1 Å². The van der Waals surface area contributed by atoms with Crippen LogP contribution in [0, 0.1) is 0 Å². The number of hydrogen-bond acceptors (Lipinski definition) is 2. The van der Waals surface area contributed by atoms with E-state index in [-0.39, 0.29) is 6.09 Å². The first kappa shape index (κ1) is 6.90. The first-order valence-corrected chi connectivity index (χ1v) is 3.15. The van der Waals surface area contributed by atoms with E-state index in [0.717, 1.165) is 0 Å². The molecule has 1 aliphatic heterocycles. The molecule has 0 aromatic heterocycles. The summed E-state index contributed by atoms with van der Waals surface area (Å²) in [4.78, 5) is 12.2. The normalized spacial score (nSPS) is 16.1. The Kier molecular flexibility index (Phi) is 2.13. The number of nitrogens with zero attached hydrogens (tertiary/aromatic N) is 1. The van der Waals surface area contributed by atoms with Crippen molar-refractivity contribution in [2.45, 2.75) is 6.92 Å². The van der Waals surface area contributed by atoms with Crippen LogP contribution in [-0.2, 0) is 4.74 Å². The van der Waals surface area contributed by atoms with Gasteiger partial charge in [0.15, 0.2) is 0 Å². The van der Waals surface area contributed by atoms with Gasteiger partial charge in [-0.15, -0.1) is 5.73 Å². The van der Waals surface area contributed by atoms with Crippen LogP contribution in [0.25, 0.3) is 0 Å². The Morgan fingerprint density at radius 1 is 1.80 bits per heavy atom. The second-order valence-electron chi connectivity index (χ2n) is 1.89. The minimum Gasteiger partial charge on any atom is -0.447 e. The minimum atomic E-state index is -0.283. The summed E-state index contributed by atoms with van der Waals surface area (Å²) in [6, 6.07) is 0. The zero-order valence-corrected chi connectivity index (χ0v) is 5.83. The highest BCUT2D eigenvalue weighted by molar-refractivity contribution is 5.70. The van der Waals surface area contributed by atoms with Gasteiger partial charge in [0, 0.05) is 0 Å². The molecule has 0 radical (unpaired) electrons. The maximum Gasteiger partial charge on any atom is 0.414 e. The molecule has 0 spiro atoms. The van der Waals surface area contributed by atoms with Crippen LogP contribution in [0.3, 0.4) is 0 Å². The topological polar surface area (TPSA) is 29.5 Å². The second-order valence-corrected chi connectivity index (χ2v) is 1.89. The van der Waals surface area contributed by atoms with Crippen LogP contribution in [0.5, 0.6) is 0 Å². The van der Waals surface area contributed by atoms with Gasteiger partial charge in [-0.3, -0.25) is 4.90 Å². The molecule has 0 bridgehead atoms. The van der Waals surface area contributed by atoms with E-state index in [1.807, 2.05) is 6.92 Å². The van der Waals surface area contributed by atoms with E-state index in [1.54, 1.807) is 12.3 Å². The third kappa shape index (κ3) is 1.39. The van der Waals surface area contributed by atoms with E-state index in [0.29, 0.717) is 13.2 Å². The second kappa shape index (κ2) is 3.08. The number of hydrogen-bond donors (Lipinski definition) is 0. The maximum absolute atomic E-state index is 10.7. The summed E-state index contributed by atoms with van der Waals surface area (Å²) >= 11 is 0. The Morgan fingerprint density at radius 3 is 3.10 bits per heavy atom. The van der Waals surface area contributed by atoms with E-state index < -0.39 is 0 Å². The SMILES string of the molecule is CC=C=CN1CCOC1=O. The molecule has 0 aromatic carbocycles. The Labute approximate surface area is 59.6 Å². The fourth-order valence-electron chi connectivity index (χ4n) is 0.687. The van der Waals surface area contributed by atoms with Crippen molar-refractivity contribution < 1.29 is 9.53 Å². The van der Waals surface area contributed by atoms with Gasteiger partial charge in [0.1, 0.15) is 6.61 Å². The molecule has 1 heterocycles. The first-order chi connectivity index (χ1) is 4.84. The van der Waals surface area contributed by atoms with Crippen molar-refractivity contribution in [1.29, 1.82) is 0 Å². The summed E-state index contributed by atoms with van der Waals surface area (Å²) < 4.78 is 4.66. The molecule has 10 heavy (non-hydrogen) atoms. The van der Waals surface area contributed by atoms with Crippen LogP contribution in [0.2, 0.25) is 0 Å². The van der Waals surface area contributed by atoms with E-state index in [4.69, 9.17) is 0 Å². The standard InChI is InChI=1S/C7H9NO2/c1-2-3-4-8-5-6-10-7(8)9/h2,4H,5-6H2,1H3. The lowest BCUT2D eigenvalue weighted by atomic mass is 10.6. The zero-order valence-electron chi connectivity index (χ0n) is 5.83. The van der Waals surface area contributed by atoms with E-state index in [9.17, 15) is 4.79 Å². The molecule has 3 heteroatoms.